The first-order valence-corrected chi connectivity index (χ1v) is 15.7. The summed E-state index contributed by atoms with van der Waals surface area (Å²) in [6, 6.07) is 33.8. The zero-order chi connectivity index (χ0) is 30.4. The van der Waals surface area contributed by atoms with Crippen LogP contribution in [0.2, 0.25) is 0 Å². The van der Waals surface area contributed by atoms with Crippen LogP contribution in [0, 0.1) is 13.8 Å². The highest BCUT2D eigenvalue weighted by Gasteiger charge is 2.55. The van der Waals surface area contributed by atoms with Crippen LogP contribution < -0.4 is 0 Å². The van der Waals surface area contributed by atoms with Gasteiger partial charge < -0.3 is 4.74 Å². The molecule has 1 unspecified atom stereocenters. The van der Waals surface area contributed by atoms with Crippen LogP contribution in [0.25, 0.3) is 0 Å². The average molecular weight is 594 g/mol. The van der Waals surface area contributed by atoms with Gasteiger partial charge in [0, 0.05) is 31.8 Å². The van der Waals surface area contributed by atoms with Crippen molar-refractivity contribution < 1.29 is 17.9 Å². The number of rotatable bonds is 6. The minimum absolute atomic E-state index is 0.0255. The number of carbonyl (C=O) groups is 1. The Labute approximate surface area is 253 Å². The summed E-state index contributed by atoms with van der Waals surface area (Å²) in [4.78, 5) is 14.2. The smallest absolute Gasteiger partial charge is 0.337 e. The Morgan fingerprint density at radius 3 is 1.79 bits per heavy atom. The molecule has 0 radical (unpaired) electrons. The number of aryl methyl sites for hydroxylation is 2. The Morgan fingerprint density at radius 1 is 0.767 bits per heavy atom. The molecule has 1 saturated heterocycles. The van der Waals surface area contributed by atoms with Gasteiger partial charge in [0.05, 0.1) is 4.90 Å². The maximum atomic E-state index is 14.5. The SMILES string of the molecule is Cc1ccc([C@H]2CC(c3ccccc3)(c3ccccc3)OC3C2=CN(N(C)C)C(=O)N3S(=O)(=O)c2ccc(C)cc2)cc1. The van der Waals surface area contributed by atoms with Gasteiger partial charge in [0.1, 0.15) is 5.60 Å². The number of nitrogens with zero attached hydrogens (tertiary/aromatic N) is 3. The highest BCUT2D eigenvalue weighted by atomic mass is 32.2. The molecule has 0 aromatic heterocycles. The van der Waals surface area contributed by atoms with Gasteiger partial charge in [-0.25, -0.2) is 23.2 Å². The lowest BCUT2D eigenvalue weighted by Gasteiger charge is -2.52. The second-order valence-electron chi connectivity index (χ2n) is 11.4. The third-order valence-corrected chi connectivity index (χ3v) is 10.1. The molecule has 8 heteroatoms. The topological polar surface area (TPSA) is 70.2 Å². The first-order valence-electron chi connectivity index (χ1n) is 14.3. The minimum Gasteiger partial charge on any atom is -0.337 e. The van der Waals surface area contributed by atoms with Gasteiger partial charge in [-0.15, -0.1) is 0 Å². The Hall–Kier alpha value is -4.24. The average Bonchev–Trinajstić information content (AvgIpc) is 3.01. The highest BCUT2D eigenvalue weighted by Crippen LogP contribution is 2.53. The maximum absolute atomic E-state index is 14.5. The van der Waals surface area contributed by atoms with Crippen LogP contribution in [0.5, 0.6) is 0 Å². The number of carbonyl (C=O) groups excluding carboxylic acids is 1. The van der Waals surface area contributed by atoms with Crippen molar-refractivity contribution in [3.8, 4) is 0 Å². The molecule has 220 valence electrons. The van der Waals surface area contributed by atoms with E-state index in [1.54, 1.807) is 37.4 Å². The normalized spacial score (nSPS) is 20.1. The molecular formula is C35H35N3O4S. The third-order valence-electron chi connectivity index (χ3n) is 8.33. The highest BCUT2D eigenvalue weighted by molar-refractivity contribution is 7.89. The molecule has 2 amide bonds. The molecule has 2 aliphatic rings. The van der Waals surface area contributed by atoms with E-state index in [0.29, 0.717) is 12.0 Å². The Balaban J connectivity index is 1.63. The van der Waals surface area contributed by atoms with Gasteiger partial charge in [-0.1, -0.05) is 108 Å². The van der Waals surface area contributed by atoms with Crippen LogP contribution in [0.1, 0.15) is 40.2 Å². The van der Waals surface area contributed by atoms with E-state index >= 15 is 0 Å². The van der Waals surface area contributed by atoms with Crippen LogP contribution in [0.4, 0.5) is 4.79 Å². The van der Waals surface area contributed by atoms with Crippen LogP contribution in [0.3, 0.4) is 0 Å². The van der Waals surface area contributed by atoms with Crippen molar-refractivity contribution in [2.24, 2.45) is 0 Å². The Bertz CT molecular complexity index is 1710. The first-order chi connectivity index (χ1) is 20.6. The van der Waals surface area contributed by atoms with Gasteiger partial charge in [-0.3, -0.25) is 0 Å². The molecule has 0 saturated carbocycles. The van der Waals surface area contributed by atoms with Crippen molar-refractivity contribution in [1.29, 1.82) is 0 Å². The maximum Gasteiger partial charge on any atom is 0.355 e. The van der Waals surface area contributed by atoms with Gasteiger partial charge >= 0.3 is 6.03 Å². The summed E-state index contributed by atoms with van der Waals surface area (Å²) in [6.07, 6.45) is 1.05. The molecule has 2 atom stereocenters. The number of hydrazine groups is 1. The van der Waals surface area contributed by atoms with Gasteiger partial charge in [-0.05, 0) is 49.1 Å². The van der Waals surface area contributed by atoms with E-state index in [4.69, 9.17) is 4.74 Å². The van der Waals surface area contributed by atoms with Crippen molar-refractivity contribution in [3.63, 3.8) is 0 Å². The van der Waals surface area contributed by atoms with Gasteiger partial charge in [0.25, 0.3) is 10.0 Å². The third kappa shape index (κ3) is 5.05. The Kier molecular flexibility index (Phi) is 7.46. The molecule has 6 rings (SSSR count). The molecule has 7 nitrogen and oxygen atoms in total. The zero-order valence-electron chi connectivity index (χ0n) is 24.7. The molecule has 0 bridgehead atoms. The van der Waals surface area contributed by atoms with E-state index in [1.165, 1.54) is 17.1 Å². The monoisotopic (exact) mass is 593 g/mol. The lowest BCUT2D eigenvalue weighted by molar-refractivity contribution is -0.128. The van der Waals surface area contributed by atoms with Crippen LogP contribution in [-0.4, -0.2) is 49.1 Å². The lowest BCUT2D eigenvalue weighted by atomic mass is 9.72. The van der Waals surface area contributed by atoms with E-state index in [2.05, 4.69) is 24.3 Å². The van der Waals surface area contributed by atoms with E-state index in [9.17, 15) is 13.2 Å². The number of benzene rings is 4. The molecule has 43 heavy (non-hydrogen) atoms. The van der Waals surface area contributed by atoms with E-state index < -0.39 is 27.9 Å². The molecule has 2 heterocycles. The summed E-state index contributed by atoms with van der Waals surface area (Å²) in [7, 11) is -0.908. The van der Waals surface area contributed by atoms with Gasteiger partial charge in [-0.2, -0.15) is 4.31 Å². The first kappa shape index (κ1) is 28.9. The summed E-state index contributed by atoms with van der Waals surface area (Å²) in [5, 5.41) is 2.94. The minimum atomic E-state index is -4.34. The summed E-state index contributed by atoms with van der Waals surface area (Å²) in [5.41, 5.74) is 4.45. The number of urea groups is 1. The summed E-state index contributed by atoms with van der Waals surface area (Å²) >= 11 is 0. The fourth-order valence-electron chi connectivity index (χ4n) is 6.02. The second kappa shape index (κ2) is 11.1. The number of hydrogen-bond acceptors (Lipinski definition) is 5. The summed E-state index contributed by atoms with van der Waals surface area (Å²) < 4.78 is 36.9. The number of hydrogen-bond donors (Lipinski definition) is 0. The van der Waals surface area contributed by atoms with Crippen molar-refractivity contribution in [2.45, 2.75) is 42.9 Å². The van der Waals surface area contributed by atoms with Crippen molar-refractivity contribution >= 4 is 16.1 Å². The van der Waals surface area contributed by atoms with Crippen LogP contribution in [-0.2, 0) is 20.4 Å². The van der Waals surface area contributed by atoms with E-state index in [0.717, 1.165) is 32.1 Å². The molecule has 0 N–H and O–H groups in total. The predicted molar refractivity (Wildman–Crippen MR) is 166 cm³/mol. The lowest BCUT2D eigenvalue weighted by Crippen LogP contribution is -2.61. The molecule has 4 aromatic carbocycles. The summed E-state index contributed by atoms with van der Waals surface area (Å²) in [5.74, 6) is -0.272. The number of fused-ring (bicyclic) bond motifs is 1. The van der Waals surface area contributed by atoms with E-state index in [-0.39, 0.29) is 10.8 Å². The summed E-state index contributed by atoms with van der Waals surface area (Å²) in [6.45, 7) is 3.93. The van der Waals surface area contributed by atoms with Crippen molar-refractivity contribution in [2.75, 3.05) is 14.1 Å². The number of amides is 2. The number of ether oxygens (including phenoxy) is 1. The molecular weight excluding hydrogens is 558 g/mol. The second-order valence-corrected chi connectivity index (χ2v) is 13.2. The van der Waals surface area contributed by atoms with E-state index in [1.807, 2.05) is 74.5 Å². The van der Waals surface area contributed by atoms with Crippen LogP contribution in [0.15, 0.2) is 126 Å². The molecule has 0 aliphatic carbocycles. The van der Waals surface area contributed by atoms with Crippen molar-refractivity contribution in [3.05, 3.63) is 149 Å². The molecule has 1 fully saturated rings. The zero-order valence-corrected chi connectivity index (χ0v) is 25.5. The standard InChI is InChI=1S/C35H35N3O4S/c1-25-15-19-27(20-16-25)31-23-35(28-11-7-5-8-12-28,29-13-9-6-10-14-29)42-33-32(31)24-37(36(3)4)34(39)38(33)43(40,41)30-21-17-26(2)18-22-30/h5-22,24,31,33H,23H2,1-4H3/t31-,33?/m1/s1. The fourth-order valence-corrected chi connectivity index (χ4v) is 7.43. The quantitative estimate of drug-likeness (QED) is 0.253. The molecule has 4 aromatic rings. The molecule has 0 spiro atoms. The number of sulfonamides is 1. The van der Waals surface area contributed by atoms with Crippen molar-refractivity contribution in [1.82, 2.24) is 14.3 Å². The van der Waals surface area contributed by atoms with Gasteiger partial charge in [0.15, 0.2) is 6.23 Å². The Morgan fingerprint density at radius 2 is 1.28 bits per heavy atom. The van der Waals surface area contributed by atoms with Gasteiger partial charge in [0.2, 0.25) is 0 Å². The predicted octanol–water partition coefficient (Wildman–Crippen LogP) is 6.56. The largest absolute Gasteiger partial charge is 0.355 e. The van der Waals surface area contributed by atoms with Crippen LogP contribution >= 0.6 is 0 Å². The fraction of sp³-hybridized carbons (Fsp3) is 0.229. The molecule has 2 aliphatic heterocycles.